The van der Waals surface area contributed by atoms with Gasteiger partial charge >= 0.3 is 6.18 Å². The molecule has 2 N–H and O–H groups in total. The molecule has 0 saturated carbocycles. The number of benzene rings is 3. The molecule has 1 heterocycles. The van der Waals surface area contributed by atoms with Gasteiger partial charge in [0.25, 0.3) is 0 Å². The fourth-order valence-corrected chi connectivity index (χ4v) is 5.22. The Balaban J connectivity index is 1.69. The number of imidazole rings is 1. The summed E-state index contributed by atoms with van der Waals surface area (Å²) in [6.45, 7) is 3.22. The SMILES string of the molecule is CC(C)(NS(=O)(=O)c1ccccc1C(F)(F)F)c1cccc(-c2ccc3nc[nH]c3c2)c1. The number of aromatic amines is 1. The maximum atomic E-state index is 13.4. The van der Waals surface area contributed by atoms with E-state index in [4.69, 9.17) is 0 Å². The Kier molecular flexibility index (Phi) is 5.34. The van der Waals surface area contributed by atoms with Gasteiger partial charge in [0.15, 0.2) is 0 Å². The molecule has 0 spiro atoms. The molecule has 9 heteroatoms. The summed E-state index contributed by atoms with van der Waals surface area (Å²) in [5.74, 6) is 0. The molecule has 0 aliphatic carbocycles. The first-order chi connectivity index (χ1) is 15.0. The molecule has 32 heavy (non-hydrogen) atoms. The van der Waals surface area contributed by atoms with Crippen molar-refractivity contribution in [1.29, 1.82) is 0 Å². The lowest BCUT2D eigenvalue weighted by Crippen LogP contribution is -2.41. The molecule has 166 valence electrons. The zero-order chi connectivity index (χ0) is 23.1. The number of fused-ring (bicyclic) bond motifs is 1. The van der Waals surface area contributed by atoms with E-state index < -0.39 is 32.2 Å². The second-order valence-electron chi connectivity index (χ2n) is 7.94. The molecule has 4 aromatic rings. The van der Waals surface area contributed by atoms with Crippen LogP contribution in [0.1, 0.15) is 25.0 Å². The van der Waals surface area contributed by atoms with Gasteiger partial charge in [0, 0.05) is 0 Å². The van der Waals surface area contributed by atoms with Gasteiger partial charge in [0.2, 0.25) is 10.0 Å². The fraction of sp³-hybridized carbons (Fsp3) is 0.174. The van der Waals surface area contributed by atoms with Gasteiger partial charge in [-0.1, -0.05) is 36.4 Å². The second kappa shape index (κ2) is 7.75. The number of rotatable bonds is 5. The molecule has 0 aliphatic rings. The molecular weight excluding hydrogens is 439 g/mol. The first-order valence-electron chi connectivity index (χ1n) is 9.72. The predicted octanol–water partition coefficient (Wildman–Crippen LogP) is 5.46. The number of nitrogens with one attached hydrogen (secondary N) is 2. The maximum absolute atomic E-state index is 13.4. The van der Waals surface area contributed by atoms with E-state index in [1.54, 1.807) is 32.3 Å². The molecule has 0 fully saturated rings. The van der Waals surface area contributed by atoms with Gasteiger partial charge in [0.1, 0.15) is 0 Å². The van der Waals surface area contributed by atoms with E-state index in [1.165, 1.54) is 6.07 Å². The van der Waals surface area contributed by atoms with E-state index in [0.717, 1.165) is 40.4 Å². The molecule has 0 atom stereocenters. The Labute approximate surface area is 183 Å². The van der Waals surface area contributed by atoms with Crippen LogP contribution in [-0.4, -0.2) is 18.4 Å². The lowest BCUT2D eigenvalue weighted by molar-refractivity contribution is -0.139. The zero-order valence-electron chi connectivity index (χ0n) is 17.2. The minimum absolute atomic E-state index is 0.604. The maximum Gasteiger partial charge on any atom is 0.417 e. The van der Waals surface area contributed by atoms with Crippen LogP contribution in [0, 0.1) is 0 Å². The number of halogens is 3. The van der Waals surface area contributed by atoms with Crippen molar-refractivity contribution >= 4 is 21.1 Å². The van der Waals surface area contributed by atoms with Crippen LogP contribution in [-0.2, 0) is 21.7 Å². The number of hydrogen-bond donors (Lipinski definition) is 2. The molecule has 4 rings (SSSR count). The highest BCUT2D eigenvalue weighted by atomic mass is 32.2. The van der Waals surface area contributed by atoms with Gasteiger partial charge in [-0.15, -0.1) is 0 Å². The van der Waals surface area contributed by atoms with Crippen LogP contribution >= 0.6 is 0 Å². The summed E-state index contributed by atoms with van der Waals surface area (Å²) in [5, 5.41) is 0. The highest BCUT2D eigenvalue weighted by Crippen LogP contribution is 2.35. The van der Waals surface area contributed by atoms with Crippen LogP contribution in [0.25, 0.3) is 22.2 Å². The first kappa shape index (κ1) is 22.0. The highest BCUT2D eigenvalue weighted by Gasteiger charge is 2.38. The minimum Gasteiger partial charge on any atom is -0.345 e. The third kappa shape index (κ3) is 4.26. The highest BCUT2D eigenvalue weighted by molar-refractivity contribution is 7.89. The normalized spacial score (nSPS) is 12.9. The van der Waals surface area contributed by atoms with Crippen molar-refractivity contribution in [2.24, 2.45) is 0 Å². The number of aromatic nitrogens is 2. The van der Waals surface area contributed by atoms with E-state index in [0.29, 0.717) is 5.56 Å². The van der Waals surface area contributed by atoms with E-state index in [2.05, 4.69) is 14.7 Å². The fourth-order valence-electron chi connectivity index (χ4n) is 3.59. The smallest absolute Gasteiger partial charge is 0.345 e. The second-order valence-corrected chi connectivity index (χ2v) is 9.59. The number of alkyl halides is 3. The Bertz CT molecular complexity index is 1390. The van der Waals surface area contributed by atoms with Crippen molar-refractivity contribution in [1.82, 2.24) is 14.7 Å². The molecule has 0 bridgehead atoms. The summed E-state index contributed by atoms with van der Waals surface area (Å²) < 4.78 is 68.4. The molecule has 1 aromatic heterocycles. The van der Waals surface area contributed by atoms with Gasteiger partial charge in [-0.05, 0) is 60.9 Å². The van der Waals surface area contributed by atoms with Crippen molar-refractivity contribution in [3.05, 3.63) is 84.2 Å². The standard InChI is InChI=1S/C23H20F3N3O2S/c1-22(2,29-32(30,31)21-9-4-3-8-18(21)23(24,25)26)17-7-5-6-15(12-17)16-10-11-19-20(13-16)28-14-27-19/h3-14,29H,1-2H3,(H,27,28). The molecule has 0 aliphatic heterocycles. The summed E-state index contributed by atoms with van der Waals surface area (Å²) in [6, 6.07) is 17.0. The molecule has 0 saturated heterocycles. The topological polar surface area (TPSA) is 74.8 Å². The monoisotopic (exact) mass is 459 g/mol. The Hall–Kier alpha value is -3.17. The molecular formula is C23H20F3N3O2S. The van der Waals surface area contributed by atoms with E-state index >= 15 is 0 Å². The zero-order valence-corrected chi connectivity index (χ0v) is 18.1. The Morgan fingerprint density at radius 2 is 1.62 bits per heavy atom. The van der Waals surface area contributed by atoms with Crippen LogP contribution in [0.2, 0.25) is 0 Å². The number of nitrogens with zero attached hydrogens (tertiary/aromatic N) is 1. The Morgan fingerprint density at radius 3 is 2.38 bits per heavy atom. The number of H-pyrrole nitrogens is 1. The summed E-state index contributed by atoms with van der Waals surface area (Å²) in [7, 11) is -4.46. The van der Waals surface area contributed by atoms with Crippen LogP contribution in [0.3, 0.4) is 0 Å². The summed E-state index contributed by atoms with van der Waals surface area (Å²) in [5.41, 5.74) is 1.63. The predicted molar refractivity (Wildman–Crippen MR) is 116 cm³/mol. The first-order valence-corrected chi connectivity index (χ1v) is 11.2. The van der Waals surface area contributed by atoms with Crippen LogP contribution in [0.4, 0.5) is 13.2 Å². The third-order valence-electron chi connectivity index (χ3n) is 5.21. The van der Waals surface area contributed by atoms with Crippen molar-refractivity contribution in [3.8, 4) is 11.1 Å². The van der Waals surface area contributed by atoms with Gasteiger partial charge < -0.3 is 4.98 Å². The average Bonchev–Trinajstić information content (AvgIpc) is 3.20. The van der Waals surface area contributed by atoms with E-state index in [1.807, 2.05) is 30.3 Å². The molecule has 0 unspecified atom stereocenters. The van der Waals surface area contributed by atoms with Crippen molar-refractivity contribution < 1.29 is 21.6 Å². The van der Waals surface area contributed by atoms with Gasteiger partial charge in [-0.25, -0.2) is 18.1 Å². The van der Waals surface area contributed by atoms with Crippen LogP contribution in [0.15, 0.2) is 78.0 Å². The molecule has 0 radical (unpaired) electrons. The van der Waals surface area contributed by atoms with E-state index in [-0.39, 0.29) is 0 Å². The summed E-state index contributed by atoms with van der Waals surface area (Å²) >= 11 is 0. The minimum atomic E-state index is -4.79. The quantitative estimate of drug-likeness (QED) is 0.416. The number of hydrogen-bond acceptors (Lipinski definition) is 3. The van der Waals surface area contributed by atoms with Crippen molar-refractivity contribution in [2.45, 2.75) is 30.5 Å². The van der Waals surface area contributed by atoms with Gasteiger partial charge in [-0.2, -0.15) is 13.2 Å². The number of sulfonamides is 1. The van der Waals surface area contributed by atoms with Gasteiger partial charge in [0.05, 0.1) is 33.4 Å². The largest absolute Gasteiger partial charge is 0.417 e. The van der Waals surface area contributed by atoms with Crippen LogP contribution < -0.4 is 4.72 Å². The lowest BCUT2D eigenvalue weighted by Gasteiger charge is -2.28. The Morgan fingerprint density at radius 1 is 0.906 bits per heavy atom. The van der Waals surface area contributed by atoms with Crippen molar-refractivity contribution in [3.63, 3.8) is 0 Å². The molecule has 5 nitrogen and oxygen atoms in total. The van der Waals surface area contributed by atoms with E-state index in [9.17, 15) is 21.6 Å². The van der Waals surface area contributed by atoms with Gasteiger partial charge in [-0.3, -0.25) is 0 Å². The van der Waals surface area contributed by atoms with Crippen molar-refractivity contribution in [2.75, 3.05) is 0 Å². The molecule has 3 aromatic carbocycles. The lowest BCUT2D eigenvalue weighted by atomic mass is 9.92. The summed E-state index contributed by atoms with van der Waals surface area (Å²) in [6.07, 6.45) is -3.19. The van der Waals surface area contributed by atoms with Crippen LogP contribution in [0.5, 0.6) is 0 Å². The molecule has 0 amide bonds. The average molecular weight is 459 g/mol. The summed E-state index contributed by atoms with van der Waals surface area (Å²) in [4.78, 5) is 6.43. The third-order valence-corrected chi connectivity index (χ3v) is 6.92.